The second kappa shape index (κ2) is 3.25. The molecule has 0 radical (unpaired) electrons. The number of rotatable bonds is 2. The lowest BCUT2D eigenvalue weighted by Crippen LogP contribution is -1.89. The first-order valence-electron chi connectivity index (χ1n) is 4.88. The Kier molecular flexibility index (Phi) is 2.09. The topological polar surface area (TPSA) is 15.8 Å². The van der Waals surface area contributed by atoms with Crippen molar-refractivity contribution in [1.82, 2.24) is 4.98 Å². The second-order valence-corrected chi connectivity index (χ2v) is 3.63. The summed E-state index contributed by atoms with van der Waals surface area (Å²) in [6, 6.07) is 8.78. The Morgan fingerprint density at radius 1 is 1.31 bits per heavy atom. The molecule has 2 rings (SSSR count). The fourth-order valence-corrected chi connectivity index (χ4v) is 1.61. The van der Waals surface area contributed by atoms with Gasteiger partial charge >= 0.3 is 0 Å². The van der Waals surface area contributed by atoms with Gasteiger partial charge in [-0.2, -0.15) is 0 Å². The molecule has 0 bridgehead atoms. The molecular weight excluding hydrogens is 158 g/mol. The number of hydrogen-bond acceptors (Lipinski definition) is 0. The largest absolute Gasteiger partial charge is 0.361 e. The third-order valence-electron chi connectivity index (χ3n) is 2.76. The van der Waals surface area contributed by atoms with Gasteiger partial charge in [0.1, 0.15) is 0 Å². The normalized spacial score (nSPS) is 13.4. The highest BCUT2D eigenvalue weighted by molar-refractivity contribution is 5.80. The first kappa shape index (κ1) is 8.36. The Hall–Kier alpha value is -1.24. The maximum atomic E-state index is 3.20. The molecule has 0 fully saturated rings. The van der Waals surface area contributed by atoms with Crippen LogP contribution in [0.3, 0.4) is 0 Å². The van der Waals surface area contributed by atoms with E-state index in [4.69, 9.17) is 0 Å². The van der Waals surface area contributed by atoms with Gasteiger partial charge in [0.05, 0.1) is 0 Å². The fourth-order valence-electron chi connectivity index (χ4n) is 1.61. The van der Waals surface area contributed by atoms with E-state index >= 15 is 0 Å². The van der Waals surface area contributed by atoms with Crippen LogP contribution in [-0.4, -0.2) is 4.98 Å². The highest BCUT2D eigenvalue weighted by Gasteiger charge is 2.03. The average molecular weight is 173 g/mol. The van der Waals surface area contributed by atoms with Crippen LogP contribution in [-0.2, 0) is 0 Å². The SMILES string of the molecule is CCC(C)c1ccc2[nH]ccc2c1. The Morgan fingerprint density at radius 3 is 2.92 bits per heavy atom. The first-order chi connectivity index (χ1) is 6.31. The van der Waals surface area contributed by atoms with Crippen molar-refractivity contribution >= 4 is 10.9 Å². The van der Waals surface area contributed by atoms with Gasteiger partial charge in [0.25, 0.3) is 0 Å². The van der Waals surface area contributed by atoms with Gasteiger partial charge < -0.3 is 4.98 Å². The van der Waals surface area contributed by atoms with Crippen molar-refractivity contribution < 1.29 is 0 Å². The van der Waals surface area contributed by atoms with Crippen molar-refractivity contribution in [1.29, 1.82) is 0 Å². The van der Waals surface area contributed by atoms with E-state index in [1.54, 1.807) is 0 Å². The molecule has 68 valence electrons. The Labute approximate surface area is 78.8 Å². The summed E-state index contributed by atoms with van der Waals surface area (Å²) in [6.07, 6.45) is 3.20. The zero-order chi connectivity index (χ0) is 9.26. The molecule has 1 N–H and O–H groups in total. The molecule has 1 heteroatoms. The van der Waals surface area contributed by atoms with Gasteiger partial charge in [-0.05, 0) is 41.5 Å². The van der Waals surface area contributed by atoms with Crippen LogP contribution in [0.4, 0.5) is 0 Å². The van der Waals surface area contributed by atoms with Crippen LogP contribution in [0, 0.1) is 0 Å². The van der Waals surface area contributed by atoms with Crippen LogP contribution < -0.4 is 0 Å². The minimum Gasteiger partial charge on any atom is -0.361 e. The van der Waals surface area contributed by atoms with E-state index in [1.807, 2.05) is 6.20 Å². The van der Waals surface area contributed by atoms with Crippen molar-refractivity contribution in [3.8, 4) is 0 Å². The van der Waals surface area contributed by atoms with Crippen molar-refractivity contribution in [3.05, 3.63) is 36.0 Å². The van der Waals surface area contributed by atoms with Crippen LogP contribution in [0.1, 0.15) is 31.7 Å². The third kappa shape index (κ3) is 1.46. The van der Waals surface area contributed by atoms with E-state index in [2.05, 4.69) is 43.1 Å². The summed E-state index contributed by atoms with van der Waals surface area (Å²) in [5.74, 6) is 0.666. The van der Waals surface area contributed by atoms with Crippen molar-refractivity contribution in [2.24, 2.45) is 0 Å². The zero-order valence-corrected chi connectivity index (χ0v) is 8.17. The van der Waals surface area contributed by atoms with Crippen LogP contribution in [0.5, 0.6) is 0 Å². The van der Waals surface area contributed by atoms with E-state index in [0.29, 0.717) is 5.92 Å². The number of aromatic nitrogens is 1. The summed E-state index contributed by atoms with van der Waals surface area (Å²) >= 11 is 0. The van der Waals surface area contributed by atoms with Crippen LogP contribution in [0.2, 0.25) is 0 Å². The predicted octanol–water partition coefficient (Wildman–Crippen LogP) is 3.68. The summed E-state index contributed by atoms with van der Waals surface area (Å²) in [5, 5.41) is 1.32. The predicted molar refractivity (Wildman–Crippen MR) is 57.0 cm³/mol. The standard InChI is InChI=1S/C12H15N/c1-3-9(2)10-4-5-12-11(8-10)6-7-13-12/h4-9,13H,3H2,1-2H3. The van der Waals surface area contributed by atoms with E-state index in [-0.39, 0.29) is 0 Å². The van der Waals surface area contributed by atoms with Crippen molar-refractivity contribution in [2.75, 3.05) is 0 Å². The molecule has 0 aliphatic rings. The third-order valence-corrected chi connectivity index (χ3v) is 2.76. The number of H-pyrrole nitrogens is 1. The summed E-state index contributed by atoms with van der Waals surface area (Å²) in [7, 11) is 0. The van der Waals surface area contributed by atoms with Gasteiger partial charge in [0.15, 0.2) is 0 Å². The average Bonchev–Trinajstić information content (AvgIpc) is 2.63. The summed E-state index contributed by atoms with van der Waals surface area (Å²) < 4.78 is 0. The fraction of sp³-hybridized carbons (Fsp3) is 0.333. The van der Waals surface area contributed by atoms with Gasteiger partial charge in [-0.1, -0.05) is 19.9 Å². The molecule has 0 spiro atoms. The highest BCUT2D eigenvalue weighted by atomic mass is 14.7. The van der Waals surface area contributed by atoms with Crippen LogP contribution >= 0.6 is 0 Å². The molecule has 1 unspecified atom stereocenters. The van der Waals surface area contributed by atoms with Gasteiger partial charge in [0, 0.05) is 11.7 Å². The van der Waals surface area contributed by atoms with Gasteiger partial charge in [-0.25, -0.2) is 0 Å². The Morgan fingerprint density at radius 2 is 2.15 bits per heavy atom. The molecule has 1 heterocycles. The first-order valence-corrected chi connectivity index (χ1v) is 4.88. The molecule has 1 aromatic heterocycles. The molecule has 0 saturated heterocycles. The number of fused-ring (bicyclic) bond motifs is 1. The molecule has 0 aliphatic carbocycles. The number of benzene rings is 1. The van der Waals surface area contributed by atoms with E-state index in [1.165, 1.54) is 22.9 Å². The van der Waals surface area contributed by atoms with E-state index in [9.17, 15) is 0 Å². The van der Waals surface area contributed by atoms with E-state index < -0.39 is 0 Å². The molecule has 13 heavy (non-hydrogen) atoms. The molecule has 1 atom stereocenters. The lowest BCUT2D eigenvalue weighted by molar-refractivity contribution is 0.735. The van der Waals surface area contributed by atoms with E-state index in [0.717, 1.165) is 0 Å². The molecule has 0 aliphatic heterocycles. The van der Waals surface area contributed by atoms with Crippen molar-refractivity contribution in [3.63, 3.8) is 0 Å². The quantitative estimate of drug-likeness (QED) is 0.713. The van der Waals surface area contributed by atoms with Gasteiger partial charge in [-0.3, -0.25) is 0 Å². The van der Waals surface area contributed by atoms with Crippen LogP contribution in [0.25, 0.3) is 10.9 Å². The smallest absolute Gasteiger partial charge is 0.0454 e. The van der Waals surface area contributed by atoms with Gasteiger partial charge in [0.2, 0.25) is 0 Å². The Bertz CT molecular complexity index is 400. The highest BCUT2D eigenvalue weighted by Crippen LogP contribution is 2.22. The maximum Gasteiger partial charge on any atom is 0.0454 e. The molecule has 1 aromatic carbocycles. The van der Waals surface area contributed by atoms with Crippen LogP contribution in [0.15, 0.2) is 30.5 Å². The number of aromatic amines is 1. The lowest BCUT2D eigenvalue weighted by atomic mass is 9.98. The minimum atomic E-state index is 0.666. The zero-order valence-electron chi connectivity index (χ0n) is 8.17. The Balaban J connectivity index is 2.48. The molecule has 1 nitrogen and oxygen atoms in total. The van der Waals surface area contributed by atoms with Gasteiger partial charge in [-0.15, -0.1) is 0 Å². The second-order valence-electron chi connectivity index (χ2n) is 3.63. The summed E-state index contributed by atoms with van der Waals surface area (Å²) in [5.41, 5.74) is 2.67. The maximum absolute atomic E-state index is 3.20. The minimum absolute atomic E-state index is 0.666. The molecule has 2 aromatic rings. The summed E-state index contributed by atoms with van der Waals surface area (Å²) in [6.45, 7) is 4.50. The monoisotopic (exact) mass is 173 g/mol. The lowest BCUT2D eigenvalue weighted by Gasteiger charge is -2.08. The number of nitrogens with one attached hydrogen (secondary N) is 1. The molecule has 0 amide bonds. The summed E-state index contributed by atoms with van der Waals surface area (Å²) in [4.78, 5) is 3.20. The number of hydrogen-bond donors (Lipinski definition) is 1. The molecular formula is C12H15N. The van der Waals surface area contributed by atoms with Crippen molar-refractivity contribution in [2.45, 2.75) is 26.2 Å². The molecule has 0 saturated carbocycles.